The Morgan fingerprint density at radius 1 is 1.02 bits per heavy atom. The standard InChI is InChI=1S/C32H36BrNO7/c1-21-29(24-15-9-6-10-16-24)41-32(38)34(21)31(37)25(19-23-13-7-5-8-14-23)30(39-22(2)36)28-20-26(33)27(40-28)17-11-3-4-12-18-35/h5-10,13-16,20-21,25,29-30,35H,3-4,11-12,17-19H2,1-2H3/t21-,25-,29-,30-/m0/s1. The van der Waals surface area contributed by atoms with Crippen LogP contribution in [0.3, 0.4) is 0 Å². The molecule has 1 aliphatic rings. The lowest BCUT2D eigenvalue weighted by molar-refractivity contribution is -0.155. The lowest BCUT2D eigenvalue weighted by Gasteiger charge is -2.29. The Balaban J connectivity index is 1.66. The van der Waals surface area contributed by atoms with Crippen LogP contribution in [0.4, 0.5) is 4.79 Å². The van der Waals surface area contributed by atoms with E-state index in [-0.39, 0.29) is 13.0 Å². The van der Waals surface area contributed by atoms with Crippen molar-refractivity contribution in [3.05, 3.63) is 93.9 Å². The van der Waals surface area contributed by atoms with Gasteiger partial charge in [-0.1, -0.05) is 73.5 Å². The fourth-order valence-corrected chi connectivity index (χ4v) is 5.73. The molecule has 0 unspecified atom stereocenters. The second-order valence-electron chi connectivity index (χ2n) is 10.3. The zero-order valence-electron chi connectivity index (χ0n) is 23.3. The summed E-state index contributed by atoms with van der Waals surface area (Å²) in [4.78, 5) is 40.9. The zero-order chi connectivity index (χ0) is 29.4. The molecule has 1 saturated heterocycles. The number of cyclic esters (lactones) is 1. The van der Waals surface area contributed by atoms with Crippen molar-refractivity contribution in [2.45, 2.75) is 70.6 Å². The Labute approximate surface area is 248 Å². The number of esters is 1. The Morgan fingerprint density at radius 3 is 2.34 bits per heavy atom. The van der Waals surface area contributed by atoms with Crippen LogP contribution in [0.25, 0.3) is 0 Å². The van der Waals surface area contributed by atoms with E-state index in [4.69, 9.17) is 19.0 Å². The molecule has 3 aromatic rings. The van der Waals surface area contributed by atoms with E-state index < -0.39 is 42.1 Å². The van der Waals surface area contributed by atoms with Crippen LogP contribution in [0.2, 0.25) is 0 Å². The minimum atomic E-state index is -1.07. The van der Waals surface area contributed by atoms with Crippen molar-refractivity contribution >= 4 is 33.9 Å². The Hall–Kier alpha value is -3.43. The number of carbonyl (C=O) groups is 3. The first-order valence-corrected chi connectivity index (χ1v) is 14.8. The molecule has 4 atom stereocenters. The number of ether oxygens (including phenoxy) is 2. The average Bonchev–Trinajstić information content (AvgIpc) is 3.48. The van der Waals surface area contributed by atoms with Crippen LogP contribution >= 0.6 is 15.9 Å². The van der Waals surface area contributed by atoms with Gasteiger partial charge in [-0.2, -0.15) is 0 Å². The van der Waals surface area contributed by atoms with Crippen LogP contribution in [0.1, 0.15) is 74.4 Å². The van der Waals surface area contributed by atoms with Gasteiger partial charge >= 0.3 is 12.1 Å². The van der Waals surface area contributed by atoms with Crippen molar-refractivity contribution in [2.24, 2.45) is 5.92 Å². The number of halogens is 1. The Morgan fingerprint density at radius 2 is 1.68 bits per heavy atom. The molecule has 2 aromatic carbocycles. The minimum absolute atomic E-state index is 0.171. The maximum absolute atomic E-state index is 14.3. The molecular weight excluding hydrogens is 590 g/mol. The van der Waals surface area contributed by atoms with Gasteiger partial charge in [0.25, 0.3) is 0 Å². The Kier molecular flexibility index (Phi) is 10.8. The van der Waals surface area contributed by atoms with Gasteiger partial charge in [0.1, 0.15) is 17.6 Å². The predicted octanol–water partition coefficient (Wildman–Crippen LogP) is 6.71. The molecule has 4 rings (SSSR count). The van der Waals surface area contributed by atoms with Crippen molar-refractivity contribution in [1.29, 1.82) is 0 Å². The van der Waals surface area contributed by atoms with Crippen molar-refractivity contribution in [2.75, 3.05) is 6.61 Å². The molecule has 0 bridgehead atoms. The number of aliphatic hydroxyl groups is 1. The van der Waals surface area contributed by atoms with E-state index in [1.807, 2.05) is 60.7 Å². The first kappa shape index (κ1) is 30.5. The van der Waals surface area contributed by atoms with E-state index in [0.717, 1.165) is 46.2 Å². The van der Waals surface area contributed by atoms with Crippen LogP contribution in [0.5, 0.6) is 0 Å². The first-order chi connectivity index (χ1) is 19.8. The highest BCUT2D eigenvalue weighted by Gasteiger charge is 2.48. The number of hydrogen-bond donors (Lipinski definition) is 1. The number of amides is 2. The summed E-state index contributed by atoms with van der Waals surface area (Å²) in [5.41, 5.74) is 1.64. The molecule has 8 nitrogen and oxygen atoms in total. The van der Waals surface area contributed by atoms with E-state index >= 15 is 0 Å². The molecule has 1 aromatic heterocycles. The van der Waals surface area contributed by atoms with Gasteiger partial charge in [-0.25, -0.2) is 9.69 Å². The maximum atomic E-state index is 14.3. The second-order valence-corrected chi connectivity index (χ2v) is 11.2. The molecule has 2 heterocycles. The number of nitrogens with zero attached hydrogens (tertiary/aromatic N) is 1. The fraction of sp³-hybridized carbons (Fsp3) is 0.406. The molecular formula is C32H36BrNO7. The lowest BCUT2D eigenvalue weighted by Crippen LogP contribution is -2.44. The largest absolute Gasteiger partial charge is 0.461 e. The number of rotatable bonds is 13. The quantitative estimate of drug-likeness (QED) is 0.166. The molecule has 2 amide bonds. The van der Waals surface area contributed by atoms with E-state index in [1.54, 1.807) is 13.0 Å². The normalized spacial score (nSPS) is 18.1. The van der Waals surface area contributed by atoms with Crippen molar-refractivity contribution in [3.63, 3.8) is 0 Å². The summed E-state index contributed by atoms with van der Waals surface area (Å²) >= 11 is 3.56. The summed E-state index contributed by atoms with van der Waals surface area (Å²) in [5.74, 6) is -1.02. The highest BCUT2D eigenvalue weighted by molar-refractivity contribution is 9.10. The highest BCUT2D eigenvalue weighted by Crippen LogP contribution is 2.39. The van der Waals surface area contributed by atoms with E-state index in [1.165, 1.54) is 6.92 Å². The van der Waals surface area contributed by atoms with E-state index in [2.05, 4.69) is 15.9 Å². The van der Waals surface area contributed by atoms with Gasteiger partial charge in [-0.05, 0) is 59.3 Å². The summed E-state index contributed by atoms with van der Waals surface area (Å²) in [7, 11) is 0. The number of aliphatic hydroxyl groups excluding tert-OH is 1. The van der Waals surface area contributed by atoms with Crippen molar-refractivity contribution < 1.29 is 33.4 Å². The third kappa shape index (κ3) is 7.65. The highest BCUT2D eigenvalue weighted by atomic mass is 79.9. The maximum Gasteiger partial charge on any atom is 0.417 e. The third-order valence-corrected chi connectivity index (χ3v) is 7.95. The molecule has 1 N–H and O–H groups in total. The molecule has 9 heteroatoms. The average molecular weight is 627 g/mol. The van der Waals surface area contributed by atoms with Crippen LogP contribution in [-0.2, 0) is 31.9 Å². The topological polar surface area (TPSA) is 106 Å². The summed E-state index contributed by atoms with van der Waals surface area (Å²) < 4.78 is 18.4. The van der Waals surface area contributed by atoms with Gasteiger partial charge in [-0.3, -0.25) is 9.59 Å². The van der Waals surface area contributed by atoms with Gasteiger partial charge < -0.3 is 19.0 Å². The van der Waals surface area contributed by atoms with E-state index in [0.29, 0.717) is 17.9 Å². The molecule has 41 heavy (non-hydrogen) atoms. The van der Waals surface area contributed by atoms with Gasteiger partial charge in [0, 0.05) is 20.0 Å². The Bertz CT molecular complexity index is 1310. The van der Waals surface area contributed by atoms with Gasteiger partial charge in [0.2, 0.25) is 5.91 Å². The number of benzene rings is 2. The van der Waals surface area contributed by atoms with Gasteiger partial charge in [0.15, 0.2) is 6.10 Å². The lowest BCUT2D eigenvalue weighted by atomic mass is 9.90. The fourth-order valence-electron chi connectivity index (χ4n) is 5.22. The molecule has 1 fully saturated rings. The molecule has 0 aliphatic carbocycles. The zero-order valence-corrected chi connectivity index (χ0v) is 24.9. The number of unbranched alkanes of at least 4 members (excludes halogenated alkanes) is 3. The number of carbonyl (C=O) groups excluding carboxylic acids is 3. The predicted molar refractivity (Wildman–Crippen MR) is 156 cm³/mol. The van der Waals surface area contributed by atoms with Crippen molar-refractivity contribution in [1.82, 2.24) is 4.90 Å². The number of hydrogen-bond acceptors (Lipinski definition) is 7. The summed E-state index contributed by atoms with van der Waals surface area (Å²) in [6, 6.07) is 19.9. The number of furan rings is 1. The number of imide groups is 1. The monoisotopic (exact) mass is 625 g/mol. The molecule has 1 aliphatic heterocycles. The van der Waals surface area contributed by atoms with Crippen molar-refractivity contribution in [3.8, 4) is 0 Å². The number of aryl methyl sites for hydroxylation is 1. The summed E-state index contributed by atoms with van der Waals surface area (Å²) in [5, 5.41) is 9.02. The minimum Gasteiger partial charge on any atom is -0.461 e. The first-order valence-electron chi connectivity index (χ1n) is 14.0. The molecule has 218 valence electrons. The SMILES string of the molecule is CC(=O)O[C@H](c1cc(Br)c(CCCCCCO)o1)[C@H](Cc1ccccc1)C(=O)N1C(=O)O[C@H](c2ccccc2)[C@@H]1C. The van der Waals surface area contributed by atoms with Crippen LogP contribution in [0, 0.1) is 5.92 Å². The van der Waals surface area contributed by atoms with Crippen LogP contribution in [0.15, 0.2) is 75.6 Å². The van der Waals surface area contributed by atoms with Gasteiger partial charge in [-0.15, -0.1) is 0 Å². The van der Waals surface area contributed by atoms with Gasteiger partial charge in [0.05, 0.1) is 16.4 Å². The molecule has 0 spiro atoms. The smallest absolute Gasteiger partial charge is 0.417 e. The second kappa shape index (κ2) is 14.5. The van der Waals surface area contributed by atoms with E-state index in [9.17, 15) is 14.4 Å². The third-order valence-electron chi connectivity index (χ3n) is 7.28. The molecule has 0 radical (unpaired) electrons. The van der Waals surface area contributed by atoms with Crippen LogP contribution < -0.4 is 0 Å². The molecule has 0 saturated carbocycles. The van der Waals surface area contributed by atoms with Crippen LogP contribution in [-0.4, -0.2) is 40.6 Å². The summed E-state index contributed by atoms with van der Waals surface area (Å²) in [6.45, 7) is 3.24. The summed E-state index contributed by atoms with van der Waals surface area (Å²) in [6.07, 6.45) is 1.88.